The lowest BCUT2D eigenvalue weighted by atomic mass is 10.1. The molecule has 0 atom stereocenters. The highest BCUT2D eigenvalue weighted by atomic mass is 32.2. The van der Waals surface area contributed by atoms with E-state index >= 15 is 0 Å². The Morgan fingerprint density at radius 1 is 1.26 bits per heavy atom. The molecule has 1 saturated carbocycles. The summed E-state index contributed by atoms with van der Waals surface area (Å²) in [6, 6.07) is 13.4. The Morgan fingerprint density at radius 2 is 2.07 bits per heavy atom. The Bertz CT molecular complexity index is 950. The number of carbonyl (C=O) groups is 2. The Hall–Kier alpha value is -2.73. The summed E-state index contributed by atoms with van der Waals surface area (Å²) in [7, 11) is 3.36. The third-order valence-electron chi connectivity index (χ3n) is 4.62. The molecule has 138 valence electrons. The zero-order valence-corrected chi connectivity index (χ0v) is 16.0. The molecule has 0 radical (unpaired) electrons. The molecule has 2 amide bonds. The van der Waals surface area contributed by atoms with Crippen molar-refractivity contribution in [2.75, 3.05) is 19.1 Å². The molecule has 1 fully saturated rings. The lowest BCUT2D eigenvalue weighted by Gasteiger charge is -2.27. The van der Waals surface area contributed by atoms with Gasteiger partial charge in [-0.1, -0.05) is 23.9 Å². The minimum atomic E-state index is -0.0879. The SMILES string of the molecule is COc1cccc(/C=C2\Sc3ccc(C(=O)NC4CC4)cc3N(C)C2=O)c1. The van der Waals surface area contributed by atoms with Crippen LogP contribution in [-0.4, -0.2) is 32.0 Å². The third kappa shape index (κ3) is 3.71. The van der Waals surface area contributed by atoms with Crippen molar-refractivity contribution in [1.82, 2.24) is 5.32 Å². The second kappa shape index (κ2) is 7.12. The summed E-state index contributed by atoms with van der Waals surface area (Å²) in [5, 5.41) is 2.98. The van der Waals surface area contributed by atoms with Crippen LogP contribution in [0.2, 0.25) is 0 Å². The number of thioether (sulfide) groups is 1. The zero-order valence-electron chi connectivity index (χ0n) is 15.2. The van der Waals surface area contributed by atoms with Crippen LogP contribution in [0, 0.1) is 0 Å². The van der Waals surface area contributed by atoms with E-state index in [0.717, 1.165) is 34.7 Å². The van der Waals surface area contributed by atoms with Crippen molar-refractivity contribution < 1.29 is 14.3 Å². The highest BCUT2D eigenvalue weighted by Crippen LogP contribution is 2.42. The number of fused-ring (bicyclic) bond motifs is 1. The largest absolute Gasteiger partial charge is 0.497 e. The topological polar surface area (TPSA) is 58.6 Å². The minimum Gasteiger partial charge on any atom is -0.497 e. The van der Waals surface area contributed by atoms with E-state index in [0.29, 0.717) is 16.5 Å². The summed E-state index contributed by atoms with van der Waals surface area (Å²) in [4.78, 5) is 28.3. The molecule has 0 unspecified atom stereocenters. The lowest BCUT2D eigenvalue weighted by molar-refractivity contribution is -0.114. The molecule has 5 nitrogen and oxygen atoms in total. The first-order chi connectivity index (χ1) is 13.0. The van der Waals surface area contributed by atoms with Gasteiger partial charge in [0.05, 0.1) is 17.7 Å². The molecule has 6 heteroatoms. The van der Waals surface area contributed by atoms with Gasteiger partial charge in [-0.25, -0.2) is 0 Å². The maximum absolute atomic E-state index is 12.8. The first-order valence-corrected chi connectivity index (χ1v) is 9.63. The Balaban J connectivity index is 1.62. The van der Waals surface area contributed by atoms with E-state index in [1.54, 1.807) is 25.1 Å². The first-order valence-electron chi connectivity index (χ1n) is 8.82. The fourth-order valence-electron chi connectivity index (χ4n) is 2.91. The van der Waals surface area contributed by atoms with Gasteiger partial charge in [0.1, 0.15) is 5.75 Å². The predicted octanol–water partition coefficient (Wildman–Crippen LogP) is 3.70. The van der Waals surface area contributed by atoms with E-state index in [-0.39, 0.29) is 11.8 Å². The summed E-state index contributed by atoms with van der Waals surface area (Å²) < 4.78 is 5.25. The second-order valence-electron chi connectivity index (χ2n) is 6.68. The van der Waals surface area contributed by atoms with Crippen molar-refractivity contribution >= 4 is 35.3 Å². The standard InChI is InChI=1S/C21H20N2O3S/c1-23-17-12-14(20(24)22-15-7-8-15)6-9-18(17)27-19(21(23)25)11-13-4-3-5-16(10-13)26-2/h3-6,9-12,15H,7-8H2,1-2H3,(H,22,24)/b19-11-. The molecule has 1 N–H and O–H groups in total. The molecule has 2 aromatic carbocycles. The van der Waals surface area contributed by atoms with E-state index < -0.39 is 0 Å². The molecule has 0 aromatic heterocycles. The third-order valence-corrected chi connectivity index (χ3v) is 5.70. The van der Waals surface area contributed by atoms with Gasteiger partial charge < -0.3 is 15.0 Å². The maximum Gasteiger partial charge on any atom is 0.264 e. The number of likely N-dealkylation sites (N-methyl/N-ethyl adjacent to an activating group) is 1. The lowest BCUT2D eigenvalue weighted by Crippen LogP contribution is -2.31. The fraction of sp³-hybridized carbons (Fsp3) is 0.238. The van der Waals surface area contributed by atoms with Gasteiger partial charge in [0, 0.05) is 23.5 Å². The van der Waals surface area contributed by atoms with Crippen LogP contribution >= 0.6 is 11.8 Å². The molecular weight excluding hydrogens is 360 g/mol. The van der Waals surface area contributed by atoms with Crippen LogP contribution in [0.25, 0.3) is 6.08 Å². The molecule has 27 heavy (non-hydrogen) atoms. The Kier molecular flexibility index (Phi) is 4.66. The van der Waals surface area contributed by atoms with Gasteiger partial charge in [0.15, 0.2) is 0 Å². The summed E-state index contributed by atoms with van der Waals surface area (Å²) >= 11 is 1.42. The van der Waals surface area contributed by atoms with Crippen molar-refractivity contribution in [3.63, 3.8) is 0 Å². The van der Waals surface area contributed by atoms with Crippen LogP contribution in [0.5, 0.6) is 5.75 Å². The normalized spacial score (nSPS) is 17.6. The summed E-state index contributed by atoms with van der Waals surface area (Å²) in [6.07, 6.45) is 3.95. The van der Waals surface area contributed by atoms with Crippen molar-refractivity contribution in [3.8, 4) is 5.75 Å². The average Bonchev–Trinajstić information content (AvgIpc) is 3.49. The molecule has 4 rings (SSSR count). The number of carbonyl (C=O) groups excluding carboxylic acids is 2. The van der Waals surface area contributed by atoms with Gasteiger partial charge in [-0.05, 0) is 54.8 Å². The molecule has 2 aromatic rings. The summed E-state index contributed by atoms with van der Waals surface area (Å²) in [5.41, 5.74) is 2.25. The number of nitrogens with zero attached hydrogens (tertiary/aromatic N) is 1. The highest BCUT2D eigenvalue weighted by Gasteiger charge is 2.28. The van der Waals surface area contributed by atoms with Crippen LogP contribution in [0.15, 0.2) is 52.3 Å². The van der Waals surface area contributed by atoms with Gasteiger partial charge in [0.2, 0.25) is 0 Å². The number of rotatable bonds is 4. The predicted molar refractivity (Wildman–Crippen MR) is 107 cm³/mol. The number of amides is 2. The maximum atomic E-state index is 12.8. The Labute approximate surface area is 162 Å². The van der Waals surface area contributed by atoms with E-state index in [1.165, 1.54) is 11.8 Å². The van der Waals surface area contributed by atoms with Gasteiger partial charge >= 0.3 is 0 Å². The number of benzene rings is 2. The molecule has 0 bridgehead atoms. The van der Waals surface area contributed by atoms with Crippen LogP contribution in [0.1, 0.15) is 28.8 Å². The van der Waals surface area contributed by atoms with E-state index in [2.05, 4.69) is 5.32 Å². The van der Waals surface area contributed by atoms with Gasteiger partial charge in [-0.2, -0.15) is 0 Å². The van der Waals surface area contributed by atoms with E-state index in [4.69, 9.17) is 4.74 Å². The number of methoxy groups -OCH3 is 1. The number of nitrogens with one attached hydrogen (secondary N) is 1. The van der Waals surface area contributed by atoms with E-state index in [9.17, 15) is 9.59 Å². The fourth-order valence-corrected chi connectivity index (χ4v) is 4.01. The van der Waals surface area contributed by atoms with Crippen LogP contribution in [0.3, 0.4) is 0 Å². The Morgan fingerprint density at radius 3 is 2.81 bits per heavy atom. The molecule has 2 aliphatic rings. The number of anilines is 1. The first kappa shape index (κ1) is 17.7. The second-order valence-corrected chi connectivity index (χ2v) is 7.77. The molecule has 0 spiro atoms. The minimum absolute atomic E-state index is 0.0798. The molecule has 1 aliphatic carbocycles. The van der Waals surface area contributed by atoms with Crippen molar-refractivity contribution in [1.29, 1.82) is 0 Å². The van der Waals surface area contributed by atoms with Gasteiger partial charge in [-0.3, -0.25) is 9.59 Å². The number of hydrogen-bond donors (Lipinski definition) is 1. The quantitative estimate of drug-likeness (QED) is 0.822. The number of ether oxygens (including phenoxy) is 1. The summed E-state index contributed by atoms with van der Waals surface area (Å²) in [6.45, 7) is 0. The van der Waals surface area contributed by atoms with Crippen molar-refractivity contribution in [3.05, 3.63) is 58.5 Å². The van der Waals surface area contributed by atoms with E-state index in [1.807, 2.05) is 42.5 Å². The highest BCUT2D eigenvalue weighted by molar-refractivity contribution is 8.04. The average molecular weight is 380 g/mol. The van der Waals surface area contributed by atoms with Crippen molar-refractivity contribution in [2.24, 2.45) is 0 Å². The van der Waals surface area contributed by atoms with Crippen LogP contribution < -0.4 is 15.0 Å². The molecule has 0 saturated heterocycles. The molecule has 1 heterocycles. The van der Waals surface area contributed by atoms with Crippen molar-refractivity contribution in [2.45, 2.75) is 23.8 Å². The molecule has 1 aliphatic heterocycles. The summed E-state index contributed by atoms with van der Waals surface area (Å²) in [5.74, 6) is 0.580. The van der Waals surface area contributed by atoms with Gasteiger partial charge in [-0.15, -0.1) is 0 Å². The zero-order chi connectivity index (χ0) is 19.0. The molecular formula is C21H20N2O3S. The van der Waals surface area contributed by atoms with Crippen LogP contribution in [0.4, 0.5) is 5.69 Å². The number of hydrogen-bond acceptors (Lipinski definition) is 4. The smallest absolute Gasteiger partial charge is 0.264 e. The van der Waals surface area contributed by atoms with Crippen LogP contribution in [-0.2, 0) is 4.79 Å². The monoisotopic (exact) mass is 380 g/mol. The van der Waals surface area contributed by atoms with Gasteiger partial charge in [0.25, 0.3) is 11.8 Å².